The van der Waals surface area contributed by atoms with Gasteiger partial charge in [0.25, 0.3) is 0 Å². The summed E-state index contributed by atoms with van der Waals surface area (Å²) in [6, 6.07) is 13.5. The fourth-order valence-electron chi connectivity index (χ4n) is 3.67. The highest BCUT2D eigenvalue weighted by Crippen LogP contribution is 2.34. The van der Waals surface area contributed by atoms with E-state index >= 15 is 0 Å². The van der Waals surface area contributed by atoms with Crippen LogP contribution in [-0.4, -0.2) is 0 Å². The van der Waals surface area contributed by atoms with Gasteiger partial charge in [0.2, 0.25) is 5.69 Å². The number of hydrogen-bond donors (Lipinski definition) is 0. The van der Waals surface area contributed by atoms with Crippen molar-refractivity contribution in [2.45, 2.75) is 60.3 Å². The fourth-order valence-corrected chi connectivity index (χ4v) is 3.67. The maximum atomic E-state index is 8.53. The van der Waals surface area contributed by atoms with E-state index in [0.717, 1.165) is 5.56 Å². The van der Waals surface area contributed by atoms with Crippen LogP contribution in [0.25, 0.3) is 22.0 Å². The van der Waals surface area contributed by atoms with Crippen molar-refractivity contribution >= 4 is 10.8 Å². The lowest BCUT2D eigenvalue weighted by atomic mass is 9.90. The minimum atomic E-state index is -0.615. The van der Waals surface area contributed by atoms with E-state index in [0.29, 0.717) is 5.92 Å². The molecule has 3 rings (SSSR count). The van der Waals surface area contributed by atoms with Crippen LogP contribution in [0.3, 0.4) is 0 Å². The molecule has 0 radical (unpaired) electrons. The van der Waals surface area contributed by atoms with E-state index in [1.807, 2.05) is 13.8 Å². The molecule has 1 heterocycles. The van der Waals surface area contributed by atoms with Crippen LogP contribution in [0.5, 0.6) is 0 Å². The molecule has 0 atom stereocenters. The van der Waals surface area contributed by atoms with E-state index in [-0.39, 0.29) is 0 Å². The molecular weight excluding hydrogens is 314 g/mol. The van der Waals surface area contributed by atoms with Crippen molar-refractivity contribution in [3.05, 3.63) is 64.3 Å². The molecule has 0 aliphatic carbocycles. The lowest BCUT2D eigenvalue weighted by Crippen LogP contribution is -2.35. The van der Waals surface area contributed by atoms with Crippen LogP contribution in [-0.2, 0) is 7.05 Å². The smallest absolute Gasteiger partial charge is 0.198 e. The van der Waals surface area contributed by atoms with E-state index in [9.17, 15) is 0 Å². The Morgan fingerprint density at radius 3 is 2.19 bits per heavy atom. The van der Waals surface area contributed by atoms with Gasteiger partial charge >= 0.3 is 0 Å². The maximum absolute atomic E-state index is 8.53. The van der Waals surface area contributed by atoms with Gasteiger partial charge in [-0.15, -0.1) is 0 Å². The summed E-state index contributed by atoms with van der Waals surface area (Å²) in [7, 11) is 2.15. The quantitative estimate of drug-likeness (QED) is 0.476. The van der Waals surface area contributed by atoms with Crippen LogP contribution in [0.2, 0.25) is 0 Å². The van der Waals surface area contributed by atoms with Crippen molar-refractivity contribution in [2.75, 3.05) is 0 Å². The number of hydrogen-bond acceptors (Lipinski definition) is 0. The first kappa shape index (κ1) is 17.3. The predicted octanol–water partition coefficient (Wildman–Crippen LogP) is 6.50. The summed E-state index contributed by atoms with van der Waals surface area (Å²) in [5, 5.41) is 2.56. The molecule has 0 spiro atoms. The van der Waals surface area contributed by atoms with Gasteiger partial charge in [0.15, 0.2) is 5.69 Å². The summed E-state index contributed by atoms with van der Waals surface area (Å²) in [5.41, 5.74) is 8.69. The van der Waals surface area contributed by atoms with Crippen molar-refractivity contribution in [2.24, 2.45) is 7.05 Å². The zero-order valence-corrected chi connectivity index (χ0v) is 17.5. The number of fused-ring (bicyclic) bond motifs is 1. The highest BCUT2D eigenvalue weighted by Gasteiger charge is 2.21. The molecule has 0 N–H and O–H groups in total. The summed E-state index contributed by atoms with van der Waals surface area (Å²) >= 11 is 0. The lowest BCUT2D eigenvalue weighted by Gasteiger charge is -2.16. The van der Waals surface area contributed by atoms with Crippen LogP contribution in [0.1, 0.15) is 68.8 Å². The standard InChI is InChI=1S/C25H32N/c1-15(2)20-9-10-23-22(13-20)12-18(6)26(8)25(23)24-14-21(16(3)4)11-17(5)19(24)7/h9-16H,1-8H3/q+1/i16D. The van der Waals surface area contributed by atoms with Gasteiger partial charge in [-0.25, -0.2) is 0 Å². The van der Waals surface area contributed by atoms with Crippen molar-refractivity contribution in [1.82, 2.24) is 0 Å². The highest BCUT2D eigenvalue weighted by atomic mass is 14.9. The van der Waals surface area contributed by atoms with Crippen LogP contribution in [0.15, 0.2) is 36.4 Å². The highest BCUT2D eigenvalue weighted by molar-refractivity contribution is 5.94. The molecule has 0 aliphatic heterocycles. The molecule has 0 amide bonds. The summed E-state index contributed by atoms with van der Waals surface area (Å²) in [4.78, 5) is 0. The second kappa shape index (κ2) is 6.87. The average Bonchev–Trinajstić information content (AvgIpc) is 2.57. The van der Waals surface area contributed by atoms with Gasteiger partial charge in [-0.2, -0.15) is 4.57 Å². The van der Waals surface area contributed by atoms with Crippen molar-refractivity contribution in [1.29, 1.82) is 0 Å². The normalized spacial score (nSPS) is 12.7. The largest absolute Gasteiger partial charge is 0.220 e. The number of rotatable bonds is 3. The Bertz CT molecular complexity index is 1020. The third-order valence-electron chi connectivity index (χ3n) is 5.73. The summed E-state index contributed by atoms with van der Waals surface area (Å²) in [6.07, 6.45) is 0. The van der Waals surface area contributed by atoms with E-state index in [4.69, 9.17) is 1.37 Å². The van der Waals surface area contributed by atoms with Gasteiger partial charge in [0.05, 0.1) is 10.9 Å². The molecular formula is C25H32N+. The number of pyridine rings is 1. The van der Waals surface area contributed by atoms with Crippen molar-refractivity contribution in [3.63, 3.8) is 0 Å². The first-order chi connectivity index (χ1) is 12.5. The molecule has 1 nitrogen and oxygen atoms in total. The second-order valence-electron chi connectivity index (χ2n) is 8.16. The molecule has 136 valence electrons. The Morgan fingerprint density at radius 2 is 1.58 bits per heavy atom. The van der Waals surface area contributed by atoms with Gasteiger partial charge in [0.1, 0.15) is 7.05 Å². The van der Waals surface area contributed by atoms with Crippen LogP contribution in [0, 0.1) is 20.8 Å². The summed E-state index contributed by atoms with van der Waals surface area (Å²) in [6.45, 7) is 14.9. The molecule has 0 bridgehead atoms. The fraction of sp³-hybridized carbons (Fsp3) is 0.400. The van der Waals surface area contributed by atoms with Gasteiger partial charge in [-0.05, 0) is 65.4 Å². The Labute approximate surface area is 160 Å². The first-order valence-electron chi connectivity index (χ1n) is 10.1. The number of aryl methyl sites for hydroxylation is 2. The van der Waals surface area contributed by atoms with Gasteiger partial charge in [-0.3, -0.25) is 0 Å². The maximum Gasteiger partial charge on any atom is 0.220 e. The Hall–Kier alpha value is -2.15. The van der Waals surface area contributed by atoms with Gasteiger partial charge < -0.3 is 0 Å². The minimum Gasteiger partial charge on any atom is -0.198 e. The van der Waals surface area contributed by atoms with Gasteiger partial charge in [-0.1, -0.05) is 45.9 Å². The van der Waals surface area contributed by atoms with E-state index in [2.05, 4.69) is 82.6 Å². The zero-order valence-electron chi connectivity index (χ0n) is 18.5. The zero-order chi connectivity index (χ0) is 20.1. The summed E-state index contributed by atoms with van der Waals surface area (Å²) < 4.78 is 10.8. The van der Waals surface area contributed by atoms with Crippen LogP contribution in [0.4, 0.5) is 0 Å². The Balaban J connectivity index is 2.41. The molecule has 3 aromatic rings. The predicted molar refractivity (Wildman–Crippen MR) is 113 cm³/mol. The topological polar surface area (TPSA) is 3.88 Å². The molecule has 0 fully saturated rings. The van der Waals surface area contributed by atoms with Gasteiger partial charge in [0, 0.05) is 14.4 Å². The average molecular weight is 348 g/mol. The molecule has 0 aliphatic rings. The molecule has 0 unspecified atom stereocenters. The Kier molecular flexibility index (Phi) is 4.56. The Morgan fingerprint density at radius 1 is 0.885 bits per heavy atom. The first-order valence-corrected chi connectivity index (χ1v) is 9.56. The SMILES string of the molecule is [2H]C(C)(C)c1cc(C)c(C)c(-c2c3ccc(C(C)C)cc3cc(C)[n+]2C)c1. The second-order valence-corrected chi connectivity index (χ2v) is 8.16. The number of nitrogens with zero attached hydrogens (tertiary/aromatic N) is 1. The third-order valence-corrected chi connectivity index (χ3v) is 5.73. The van der Waals surface area contributed by atoms with Crippen molar-refractivity contribution < 1.29 is 5.94 Å². The van der Waals surface area contributed by atoms with E-state index < -0.39 is 5.89 Å². The van der Waals surface area contributed by atoms with E-state index in [1.54, 1.807) is 0 Å². The van der Waals surface area contributed by atoms with Crippen LogP contribution >= 0.6 is 0 Å². The molecule has 2 aromatic carbocycles. The van der Waals surface area contributed by atoms with Crippen molar-refractivity contribution in [3.8, 4) is 11.3 Å². The third kappa shape index (κ3) is 3.16. The summed E-state index contributed by atoms with van der Waals surface area (Å²) in [5.74, 6) is -0.0977. The lowest BCUT2D eigenvalue weighted by molar-refractivity contribution is -0.665. The monoisotopic (exact) mass is 347 g/mol. The number of aromatic nitrogens is 1. The molecule has 1 aromatic heterocycles. The van der Waals surface area contributed by atoms with E-state index in [1.165, 1.54) is 44.4 Å². The molecule has 1 heteroatoms. The molecule has 26 heavy (non-hydrogen) atoms. The molecule has 0 saturated heterocycles. The minimum absolute atomic E-state index is 0.517. The molecule has 0 saturated carbocycles. The van der Waals surface area contributed by atoms with Crippen LogP contribution < -0.4 is 4.57 Å². The number of benzene rings is 2.